The molecule has 5 rings (SSSR count). The Morgan fingerprint density at radius 2 is 1.79 bits per heavy atom. The molecule has 2 aromatic heterocycles. The van der Waals surface area contributed by atoms with Crippen molar-refractivity contribution in [3.63, 3.8) is 0 Å². The SMILES string of the molecule is c1cn2nc(C3CC3)cc2c(N2CCC(N3CCSCC3)CC2)n1. The van der Waals surface area contributed by atoms with Crippen LogP contribution in [-0.2, 0) is 0 Å². The van der Waals surface area contributed by atoms with Crippen LogP contribution in [0.1, 0.15) is 37.3 Å². The van der Waals surface area contributed by atoms with Gasteiger partial charge < -0.3 is 4.90 Å². The second-order valence-electron chi connectivity index (χ2n) is 7.29. The van der Waals surface area contributed by atoms with Crippen molar-refractivity contribution in [3.8, 4) is 0 Å². The number of thioether (sulfide) groups is 1. The Hall–Kier alpha value is -1.27. The molecule has 6 heteroatoms. The molecule has 0 atom stereocenters. The van der Waals surface area contributed by atoms with Gasteiger partial charge in [-0.3, -0.25) is 4.90 Å². The number of fused-ring (bicyclic) bond motifs is 1. The number of nitrogens with zero attached hydrogens (tertiary/aromatic N) is 5. The Kier molecular flexibility index (Phi) is 3.90. The number of hydrogen-bond donors (Lipinski definition) is 0. The lowest BCUT2D eigenvalue weighted by Gasteiger charge is -2.40. The Bertz CT molecular complexity index is 711. The highest BCUT2D eigenvalue weighted by Crippen LogP contribution is 2.40. The number of piperidine rings is 1. The predicted octanol–water partition coefficient (Wildman–Crippen LogP) is 2.62. The standard InChI is InChI=1S/C18H25N5S/c1-2-14(1)16-13-17-18(19-5-8-23(17)20-16)22-6-3-15(4-7-22)21-9-11-24-12-10-21/h5,8,13-15H,1-4,6-7,9-12H2. The van der Waals surface area contributed by atoms with E-state index in [1.165, 1.54) is 61.5 Å². The van der Waals surface area contributed by atoms with Gasteiger partial charge in [0.15, 0.2) is 5.82 Å². The molecule has 1 saturated carbocycles. The Morgan fingerprint density at radius 1 is 1.00 bits per heavy atom. The van der Waals surface area contributed by atoms with Gasteiger partial charge in [-0.25, -0.2) is 9.50 Å². The van der Waals surface area contributed by atoms with E-state index in [9.17, 15) is 0 Å². The second-order valence-corrected chi connectivity index (χ2v) is 8.52. The summed E-state index contributed by atoms with van der Waals surface area (Å²) in [5, 5.41) is 4.76. The fourth-order valence-electron chi connectivity index (χ4n) is 4.13. The summed E-state index contributed by atoms with van der Waals surface area (Å²) in [5.74, 6) is 4.44. The van der Waals surface area contributed by atoms with Gasteiger partial charge in [-0.2, -0.15) is 16.9 Å². The van der Waals surface area contributed by atoms with Gasteiger partial charge in [-0.1, -0.05) is 0 Å². The molecular weight excluding hydrogens is 318 g/mol. The van der Waals surface area contributed by atoms with Crippen molar-refractivity contribution >= 4 is 23.1 Å². The van der Waals surface area contributed by atoms with Gasteiger partial charge in [-0.05, 0) is 31.7 Å². The summed E-state index contributed by atoms with van der Waals surface area (Å²) < 4.78 is 2.03. The highest BCUT2D eigenvalue weighted by Gasteiger charge is 2.29. The number of anilines is 1. The van der Waals surface area contributed by atoms with Crippen LogP contribution in [0.2, 0.25) is 0 Å². The molecule has 0 aromatic carbocycles. The summed E-state index contributed by atoms with van der Waals surface area (Å²) in [5.41, 5.74) is 2.44. The fraction of sp³-hybridized carbons (Fsp3) is 0.667. The van der Waals surface area contributed by atoms with Gasteiger partial charge >= 0.3 is 0 Å². The van der Waals surface area contributed by atoms with E-state index in [1.54, 1.807) is 0 Å². The molecule has 5 nitrogen and oxygen atoms in total. The van der Waals surface area contributed by atoms with E-state index in [0.29, 0.717) is 5.92 Å². The molecule has 4 heterocycles. The molecule has 0 bridgehead atoms. The molecule has 0 unspecified atom stereocenters. The van der Waals surface area contributed by atoms with Crippen LogP contribution >= 0.6 is 11.8 Å². The summed E-state index contributed by atoms with van der Waals surface area (Å²) in [4.78, 5) is 9.90. The predicted molar refractivity (Wildman–Crippen MR) is 99.1 cm³/mol. The van der Waals surface area contributed by atoms with Crippen LogP contribution in [0.25, 0.3) is 5.52 Å². The van der Waals surface area contributed by atoms with E-state index < -0.39 is 0 Å². The van der Waals surface area contributed by atoms with Crippen LogP contribution in [0.3, 0.4) is 0 Å². The maximum absolute atomic E-state index is 4.76. The van der Waals surface area contributed by atoms with Gasteiger partial charge in [0.05, 0.1) is 5.69 Å². The molecule has 2 aromatic rings. The molecule has 0 radical (unpaired) electrons. The molecule has 2 aliphatic heterocycles. The van der Waals surface area contributed by atoms with Crippen molar-refractivity contribution in [1.29, 1.82) is 0 Å². The van der Waals surface area contributed by atoms with Crippen molar-refractivity contribution in [1.82, 2.24) is 19.5 Å². The van der Waals surface area contributed by atoms with Gasteiger partial charge in [0.25, 0.3) is 0 Å². The van der Waals surface area contributed by atoms with Gasteiger partial charge in [0.2, 0.25) is 0 Å². The molecule has 2 saturated heterocycles. The van der Waals surface area contributed by atoms with Crippen LogP contribution in [0.5, 0.6) is 0 Å². The first-order valence-electron chi connectivity index (χ1n) is 9.29. The fourth-order valence-corrected chi connectivity index (χ4v) is 5.07. The number of hydrogen-bond acceptors (Lipinski definition) is 5. The van der Waals surface area contributed by atoms with E-state index in [-0.39, 0.29) is 0 Å². The number of aromatic nitrogens is 3. The molecule has 0 amide bonds. The van der Waals surface area contributed by atoms with Crippen molar-refractivity contribution in [3.05, 3.63) is 24.2 Å². The maximum atomic E-state index is 4.76. The zero-order valence-corrected chi connectivity index (χ0v) is 14.9. The van der Waals surface area contributed by atoms with Crippen LogP contribution < -0.4 is 4.90 Å². The molecular formula is C18H25N5S. The third kappa shape index (κ3) is 2.80. The normalized spacial score (nSPS) is 23.9. The van der Waals surface area contributed by atoms with Crippen molar-refractivity contribution in [2.24, 2.45) is 0 Å². The first-order valence-corrected chi connectivity index (χ1v) is 10.4. The lowest BCUT2D eigenvalue weighted by Crippen LogP contribution is -2.48. The van der Waals surface area contributed by atoms with Gasteiger partial charge in [0, 0.05) is 62.0 Å². The smallest absolute Gasteiger partial charge is 0.154 e. The highest BCUT2D eigenvalue weighted by molar-refractivity contribution is 7.99. The summed E-state index contributed by atoms with van der Waals surface area (Å²) >= 11 is 2.10. The largest absolute Gasteiger partial charge is 0.355 e. The van der Waals surface area contributed by atoms with E-state index in [2.05, 4.69) is 27.6 Å². The molecule has 3 aliphatic rings. The third-order valence-electron chi connectivity index (χ3n) is 5.71. The summed E-state index contributed by atoms with van der Waals surface area (Å²) in [6.45, 7) is 4.78. The van der Waals surface area contributed by atoms with Crippen LogP contribution in [0, 0.1) is 0 Å². The first-order chi connectivity index (χ1) is 11.9. The minimum atomic E-state index is 0.695. The molecule has 0 spiro atoms. The van der Waals surface area contributed by atoms with Crippen LogP contribution in [0.4, 0.5) is 5.82 Å². The molecule has 128 valence electrons. The average Bonchev–Trinajstić information content (AvgIpc) is 3.41. The second kappa shape index (κ2) is 6.23. The molecule has 1 aliphatic carbocycles. The zero-order valence-electron chi connectivity index (χ0n) is 14.1. The van der Waals surface area contributed by atoms with E-state index >= 15 is 0 Å². The Balaban J connectivity index is 1.33. The van der Waals surface area contributed by atoms with E-state index in [0.717, 1.165) is 24.9 Å². The Morgan fingerprint density at radius 3 is 2.54 bits per heavy atom. The average molecular weight is 344 g/mol. The van der Waals surface area contributed by atoms with Gasteiger partial charge in [-0.15, -0.1) is 0 Å². The first kappa shape index (κ1) is 15.0. The monoisotopic (exact) mass is 343 g/mol. The summed E-state index contributed by atoms with van der Waals surface area (Å²) in [6.07, 6.45) is 9.01. The Labute approximate surface area is 147 Å². The van der Waals surface area contributed by atoms with Crippen molar-refractivity contribution in [2.75, 3.05) is 42.6 Å². The minimum absolute atomic E-state index is 0.695. The number of rotatable bonds is 3. The van der Waals surface area contributed by atoms with Crippen LogP contribution in [0.15, 0.2) is 18.5 Å². The van der Waals surface area contributed by atoms with E-state index in [4.69, 9.17) is 10.1 Å². The highest BCUT2D eigenvalue weighted by atomic mass is 32.2. The van der Waals surface area contributed by atoms with Crippen molar-refractivity contribution in [2.45, 2.75) is 37.6 Å². The zero-order chi connectivity index (χ0) is 15.9. The topological polar surface area (TPSA) is 36.7 Å². The van der Waals surface area contributed by atoms with Crippen LogP contribution in [-0.4, -0.2) is 63.2 Å². The molecule has 0 N–H and O–H groups in total. The molecule has 3 fully saturated rings. The van der Waals surface area contributed by atoms with Gasteiger partial charge in [0.1, 0.15) is 5.52 Å². The lowest BCUT2D eigenvalue weighted by atomic mass is 10.0. The maximum Gasteiger partial charge on any atom is 0.154 e. The molecule has 24 heavy (non-hydrogen) atoms. The summed E-state index contributed by atoms with van der Waals surface area (Å²) in [7, 11) is 0. The summed E-state index contributed by atoms with van der Waals surface area (Å²) in [6, 6.07) is 3.04. The lowest BCUT2D eigenvalue weighted by molar-refractivity contribution is 0.185. The van der Waals surface area contributed by atoms with Crippen molar-refractivity contribution < 1.29 is 0 Å². The minimum Gasteiger partial charge on any atom is -0.355 e. The van der Waals surface area contributed by atoms with E-state index in [1.807, 2.05) is 16.9 Å². The third-order valence-corrected chi connectivity index (χ3v) is 6.65. The quantitative estimate of drug-likeness (QED) is 0.856.